The van der Waals surface area contributed by atoms with Crippen LogP contribution in [0.2, 0.25) is 5.02 Å². The predicted molar refractivity (Wildman–Crippen MR) is 94.8 cm³/mol. The number of rotatable bonds is 7. The van der Waals surface area contributed by atoms with Crippen LogP contribution in [0.25, 0.3) is 0 Å². The quantitative estimate of drug-likeness (QED) is 0.546. The first kappa shape index (κ1) is 18.8. The zero-order valence-electron chi connectivity index (χ0n) is 14.2. The summed E-state index contributed by atoms with van der Waals surface area (Å²) in [5.41, 5.74) is 0.658. The van der Waals surface area contributed by atoms with Crippen molar-refractivity contribution in [3.63, 3.8) is 0 Å². The molecule has 0 spiro atoms. The molecule has 2 aromatic carbocycles. The first-order valence-corrected chi connectivity index (χ1v) is 8.09. The maximum Gasteiger partial charge on any atom is 0.338 e. The number of ether oxygens (including phenoxy) is 3. The lowest BCUT2D eigenvalue weighted by molar-refractivity contribution is 0.0474. The van der Waals surface area contributed by atoms with Crippen molar-refractivity contribution in [1.29, 1.82) is 0 Å². The standard InChI is InChI=1S/C19H19ClO5/c1-12(2)25-18-15(20)9-14(10-17(18)23-3)19(22)24-11-16(21)13-7-5-4-6-8-13/h4-10,12H,11H2,1-3H3. The van der Waals surface area contributed by atoms with E-state index in [-0.39, 0.29) is 29.1 Å². The van der Waals surface area contributed by atoms with E-state index in [1.54, 1.807) is 30.3 Å². The van der Waals surface area contributed by atoms with E-state index in [9.17, 15) is 9.59 Å². The summed E-state index contributed by atoms with van der Waals surface area (Å²) >= 11 is 6.18. The number of hydrogen-bond donors (Lipinski definition) is 0. The lowest BCUT2D eigenvalue weighted by Crippen LogP contribution is -2.14. The third-order valence-corrected chi connectivity index (χ3v) is 3.53. The van der Waals surface area contributed by atoms with Gasteiger partial charge in [0.25, 0.3) is 0 Å². The Bertz CT molecular complexity index is 756. The summed E-state index contributed by atoms with van der Waals surface area (Å²) in [6.07, 6.45) is -0.104. The van der Waals surface area contributed by atoms with E-state index in [1.807, 2.05) is 13.8 Å². The van der Waals surface area contributed by atoms with Gasteiger partial charge in [0.05, 0.1) is 23.8 Å². The van der Waals surface area contributed by atoms with E-state index < -0.39 is 5.97 Å². The van der Waals surface area contributed by atoms with Gasteiger partial charge in [-0.2, -0.15) is 0 Å². The van der Waals surface area contributed by atoms with Gasteiger partial charge in [0, 0.05) is 5.56 Å². The number of benzene rings is 2. The minimum atomic E-state index is -0.666. The molecular weight excluding hydrogens is 344 g/mol. The molecule has 0 N–H and O–H groups in total. The lowest BCUT2D eigenvalue weighted by Gasteiger charge is -2.16. The molecule has 0 bridgehead atoms. The van der Waals surface area contributed by atoms with Crippen molar-refractivity contribution in [3.05, 3.63) is 58.6 Å². The molecule has 2 rings (SSSR count). The number of carbonyl (C=O) groups is 2. The second kappa shape index (κ2) is 8.53. The third kappa shape index (κ3) is 4.97. The first-order valence-electron chi connectivity index (χ1n) is 7.72. The fourth-order valence-electron chi connectivity index (χ4n) is 2.11. The number of Topliss-reactive ketones (excluding diaryl/α,β-unsaturated/α-hetero) is 1. The summed E-state index contributed by atoms with van der Waals surface area (Å²) in [7, 11) is 1.45. The molecule has 0 fully saturated rings. The van der Waals surface area contributed by atoms with E-state index in [2.05, 4.69) is 0 Å². The summed E-state index contributed by atoms with van der Waals surface area (Å²) in [4.78, 5) is 24.2. The van der Waals surface area contributed by atoms with Gasteiger partial charge in [-0.3, -0.25) is 4.79 Å². The van der Waals surface area contributed by atoms with Crippen LogP contribution in [0.1, 0.15) is 34.6 Å². The average Bonchev–Trinajstić information content (AvgIpc) is 2.61. The van der Waals surface area contributed by atoms with Crippen LogP contribution in [0.5, 0.6) is 11.5 Å². The van der Waals surface area contributed by atoms with Crippen LogP contribution in [0.4, 0.5) is 0 Å². The minimum Gasteiger partial charge on any atom is -0.493 e. The molecule has 0 aliphatic carbocycles. The van der Waals surface area contributed by atoms with Crippen LogP contribution < -0.4 is 9.47 Å². The molecule has 2 aromatic rings. The van der Waals surface area contributed by atoms with Crippen molar-refractivity contribution in [2.24, 2.45) is 0 Å². The normalized spacial score (nSPS) is 10.4. The Balaban J connectivity index is 2.11. The minimum absolute atomic E-state index is 0.104. The van der Waals surface area contributed by atoms with Gasteiger partial charge >= 0.3 is 5.97 Å². The molecule has 0 unspecified atom stereocenters. The zero-order valence-corrected chi connectivity index (χ0v) is 15.0. The maximum absolute atomic E-state index is 12.2. The number of methoxy groups -OCH3 is 1. The molecule has 0 atom stereocenters. The van der Waals surface area contributed by atoms with E-state index in [1.165, 1.54) is 19.2 Å². The summed E-state index contributed by atoms with van der Waals surface area (Å²) in [6, 6.07) is 11.5. The van der Waals surface area contributed by atoms with E-state index in [0.717, 1.165) is 0 Å². The molecule has 0 aliphatic rings. The second-order valence-corrected chi connectivity index (χ2v) is 5.93. The zero-order chi connectivity index (χ0) is 18.4. The molecule has 132 valence electrons. The molecule has 6 heteroatoms. The Morgan fingerprint density at radius 1 is 1.08 bits per heavy atom. The van der Waals surface area contributed by atoms with Gasteiger partial charge in [-0.15, -0.1) is 0 Å². The van der Waals surface area contributed by atoms with Crippen LogP contribution in [0.3, 0.4) is 0 Å². The summed E-state index contributed by atoms with van der Waals surface area (Å²) in [5, 5.41) is 0.231. The topological polar surface area (TPSA) is 61.8 Å². The molecule has 0 amide bonds. The highest BCUT2D eigenvalue weighted by atomic mass is 35.5. The number of esters is 1. The van der Waals surface area contributed by atoms with Crippen LogP contribution in [0, 0.1) is 0 Å². The highest BCUT2D eigenvalue weighted by Crippen LogP contribution is 2.37. The van der Waals surface area contributed by atoms with Gasteiger partial charge in [0.15, 0.2) is 23.9 Å². The van der Waals surface area contributed by atoms with Crippen molar-refractivity contribution in [2.45, 2.75) is 20.0 Å². The van der Waals surface area contributed by atoms with Crippen molar-refractivity contribution in [3.8, 4) is 11.5 Å². The molecule has 0 aromatic heterocycles. The van der Waals surface area contributed by atoms with Crippen molar-refractivity contribution < 1.29 is 23.8 Å². The number of hydrogen-bond acceptors (Lipinski definition) is 5. The maximum atomic E-state index is 12.2. The Hall–Kier alpha value is -2.53. The highest BCUT2D eigenvalue weighted by molar-refractivity contribution is 6.32. The number of carbonyl (C=O) groups excluding carboxylic acids is 2. The molecule has 25 heavy (non-hydrogen) atoms. The van der Waals surface area contributed by atoms with Gasteiger partial charge in [0.1, 0.15) is 0 Å². The van der Waals surface area contributed by atoms with Crippen molar-refractivity contribution in [1.82, 2.24) is 0 Å². The van der Waals surface area contributed by atoms with E-state index in [4.69, 9.17) is 25.8 Å². The Kier molecular flexibility index (Phi) is 6.42. The third-order valence-electron chi connectivity index (χ3n) is 3.25. The monoisotopic (exact) mass is 362 g/mol. The fraction of sp³-hybridized carbons (Fsp3) is 0.263. The largest absolute Gasteiger partial charge is 0.493 e. The summed E-state index contributed by atoms with van der Waals surface area (Å²) in [6.45, 7) is 3.35. The molecule has 0 heterocycles. The Morgan fingerprint density at radius 3 is 2.36 bits per heavy atom. The van der Waals surface area contributed by atoms with Gasteiger partial charge in [-0.05, 0) is 26.0 Å². The average molecular weight is 363 g/mol. The predicted octanol–water partition coefficient (Wildman–Crippen LogP) is 4.18. The smallest absolute Gasteiger partial charge is 0.338 e. The van der Waals surface area contributed by atoms with Gasteiger partial charge in [0.2, 0.25) is 0 Å². The van der Waals surface area contributed by atoms with Crippen LogP contribution >= 0.6 is 11.6 Å². The number of halogens is 1. The second-order valence-electron chi connectivity index (χ2n) is 5.52. The molecule has 0 aliphatic heterocycles. The van der Waals surface area contributed by atoms with Gasteiger partial charge in [-0.25, -0.2) is 4.79 Å². The summed E-state index contributed by atoms with van der Waals surface area (Å²) in [5.74, 6) is -0.272. The van der Waals surface area contributed by atoms with E-state index in [0.29, 0.717) is 17.1 Å². The SMILES string of the molecule is COc1cc(C(=O)OCC(=O)c2ccccc2)cc(Cl)c1OC(C)C. The van der Waals surface area contributed by atoms with Crippen molar-refractivity contribution in [2.75, 3.05) is 13.7 Å². The van der Waals surface area contributed by atoms with Crippen LogP contribution in [-0.4, -0.2) is 31.6 Å². The molecule has 5 nitrogen and oxygen atoms in total. The van der Waals surface area contributed by atoms with Gasteiger partial charge in [-0.1, -0.05) is 41.9 Å². The van der Waals surface area contributed by atoms with Crippen LogP contribution in [-0.2, 0) is 4.74 Å². The fourth-order valence-corrected chi connectivity index (χ4v) is 2.36. The van der Waals surface area contributed by atoms with Gasteiger partial charge < -0.3 is 14.2 Å². The highest BCUT2D eigenvalue weighted by Gasteiger charge is 2.18. The lowest BCUT2D eigenvalue weighted by atomic mass is 10.1. The van der Waals surface area contributed by atoms with Crippen LogP contribution in [0.15, 0.2) is 42.5 Å². The number of ketones is 1. The first-order chi connectivity index (χ1) is 11.9. The molecular formula is C19H19ClO5. The Labute approximate surface area is 151 Å². The Morgan fingerprint density at radius 2 is 1.76 bits per heavy atom. The van der Waals surface area contributed by atoms with E-state index >= 15 is 0 Å². The molecule has 0 saturated carbocycles. The van der Waals surface area contributed by atoms with Crippen molar-refractivity contribution >= 4 is 23.4 Å². The molecule has 0 radical (unpaired) electrons. The molecule has 0 saturated heterocycles. The summed E-state index contributed by atoms with van der Waals surface area (Å²) < 4.78 is 15.9.